The highest BCUT2D eigenvalue weighted by molar-refractivity contribution is 14.1. The first-order valence-electron chi connectivity index (χ1n) is 3.58. The van der Waals surface area contributed by atoms with Gasteiger partial charge in [0.25, 0.3) is 6.43 Å². The molecule has 0 bridgehead atoms. The number of ether oxygens (including phenoxy) is 1. The Morgan fingerprint density at radius 3 is 2.71 bits per heavy atom. The highest BCUT2D eigenvalue weighted by Crippen LogP contribution is 2.29. The molecule has 14 heavy (non-hydrogen) atoms. The molecule has 0 aromatic carbocycles. The van der Waals surface area contributed by atoms with Crippen LogP contribution >= 0.6 is 22.6 Å². The number of carbonyl (C=O) groups excluding carboxylic acids is 1. The van der Waals surface area contributed by atoms with Crippen molar-refractivity contribution in [1.29, 1.82) is 0 Å². The van der Waals surface area contributed by atoms with Crippen molar-refractivity contribution in [2.45, 2.75) is 6.43 Å². The van der Waals surface area contributed by atoms with Crippen LogP contribution in [0.1, 0.15) is 22.5 Å². The zero-order valence-electron chi connectivity index (χ0n) is 7.13. The number of hydrogen-bond donors (Lipinski definition) is 0. The number of carbonyl (C=O) groups is 1. The minimum Gasteiger partial charge on any atom is -0.481 e. The van der Waals surface area contributed by atoms with Crippen molar-refractivity contribution in [2.24, 2.45) is 0 Å². The summed E-state index contributed by atoms with van der Waals surface area (Å²) in [5, 5.41) is 0. The summed E-state index contributed by atoms with van der Waals surface area (Å²) < 4.78 is 29.9. The van der Waals surface area contributed by atoms with Gasteiger partial charge in [-0.15, -0.1) is 0 Å². The molecule has 0 aliphatic rings. The zero-order valence-corrected chi connectivity index (χ0v) is 9.29. The second-order valence-corrected chi connectivity index (χ2v) is 3.53. The first kappa shape index (κ1) is 11.3. The van der Waals surface area contributed by atoms with E-state index in [1.807, 2.05) is 0 Å². The second kappa shape index (κ2) is 4.63. The Morgan fingerprint density at radius 1 is 1.64 bits per heavy atom. The largest absolute Gasteiger partial charge is 0.481 e. The van der Waals surface area contributed by atoms with Gasteiger partial charge in [-0.1, -0.05) is 0 Å². The molecule has 1 aromatic heterocycles. The Balaban J connectivity index is 3.31. The van der Waals surface area contributed by atoms with Gasteiger partial charge in [0.1, 0.15) is 5.69 Å². The third-order valence-electron chi connectivity index (χ3n) is 1.54. The molecule has 0 fully saturated rings. The number of alkyl halides is 2. The summed E-state index contributed by atoms with van der Waals surface area (Å²) in [5.74, 6) is -0.206. The molecule has 0 atom stereocenters. The fraction of sp³-hybridized carbons (Fsp3) is 0.250. The molecular weight excluding hydrogens is 307 g/mol. The average molecular weight is 313 g/mol. The predicted molar refractivity (Wildman–Crippen MR) is 53.9 cm³/mol. The Morgan fingerprint density at radius 2 is 2.29 bits per heavy atom. The van der Waals surface area contributed by atoms with Gasteiger partial charge in [0.2, 0.25) is 5.88 Å². The first-order valence-corrected chi connectivity index (χ1v) is 4.65. The van der Waals surface area contributed by atoms with Crippen molar-refractivity contribution in [3.8, 4) is 5.88 Å². The maximum absolute atomic E-state index is 12.4. The lowest BCUT2D eigenvalue weighted by atomic mass is 10.2. The van der Waals surface area contributed by atoms with Crippen LogP contribution in [0.15, 0.2) is 6.07 Å². The number of aromatic nitrogens is 1. The van der Waals surface area contributed by atoms with E-state index in [1.54, 1.807) is 22.6 Å². The molecule has 0 aliphatic carbocycles. The smallest absolute Gasteiger partial charge is 0.269 e. The minimum absolute atomic E-state index is 0.104. The molecule has 0 spiro atoms. The van der Waals surface area contributed by atoms with Gasteiger partial charge in [-0.05, 0) is 28.7 Å². The molecule has 0 N–H and O–H groups in total. The van der Waals surface area contributed by atoms with E-state index in [4.69, 9.17) is 0 Å². The molecule has 6 heteroatoms. The van der Waals surface area contributed by atoms with Gasteiger partial charge in [-0.25, -0.2) is 13.8 Å². The van der Waals surface area contributed by atoms with Crippen LogP contribution < -0.4 is 4.74 Å². The Bertz CT molecular complexity index is 357. The zero-order chi connectivity index (χ0) is 10.7. The maximum Gasteiger partial charge on any atom is 0.269 e. The summed E-state index contributed by atoms with van der Waals surface area (Å²) in [5.41, 5.74) is -0.200. The van der Waals surface area contributed by atoms with Crippen molar-refractivity contribution in [1.82, 2.24) is 4.98 Å². The van der Waals surface area contributed by atoms with Crippen molar-refractivity contribution >= 4 is 28.9 Å². The summed E-state index contributed by atoms with van der Waals surface area (Å²) in [6.07, 6.45) is -2.16. The van der Waals surface area contributed by atoms with Gasteiger partial charge in [-0.3, -0.25) is 4.79 Å². The molecule has 0 unspecified atom stereocenters. The summed E-state index contributed by atoms with van der Waals surface area (Å²) >= 11 is 1.77. The standard InChI is InChI=1S/C8H6F2INO2/c1-14-8-4(7(9)10)2-5(11)6(3-13)12-8/h2-3,7H,1H3. The first-order chi connectivity index (χ1) is 6.60. The van der Waals surface area contributed by atoms with Crippen molar-refractivity contribution < 1.29 is 18.3 Å². The van der Waals surface area contributed by atoms with E-state index in [0.29, 0.717) is 9.86 Å². The van der Waals surface area contributed by atoms with Gasteiger partial charge in [-0.2, -0.15) is 0 Å². The number of rotatable bonds is 3. The van der Waals surface area contributed by atoms with E-state index in [9.17, 15) is 13.6 Å². The van der Waals surface area contributed by atoms with E-state index < -0.39 is 6.43 Å². The molecular formula is C8H6F2INO2. The quantitative estimate of drug-likeness (QED) is 0.635. The SMILES string of the molecule is COc1nc(C=O)c(I)cc1C(F)F. The Hall–Kier alpha value is -0.790. The Kier molecular flexibility index (Phi) is 3.73. The minimum atomic E-state index is -2.66. The van der Waals surface area contributed by atoms with Crippen LogP contribution in [-0.2, 0) is 0 Å². The summed E-state index contributed by atoms with van der Waals surface area (Å²) in [4.78, 5) is 14.1. The summed E-state index contributed by atoms with van der Waals surface area (Å²) in [6.45, 7) is 0. The lowest BCUT2D eigenvalue weighted by molar-refractivity contribution is 0.111. The molecule has 1 rings (SSSR count). The van der Waals surface area contributed by atoms with Crippen molar-refractivity contribution in [2.75, 3.05) is 7.11 Å². The van der Waals surface area contributed by atoms with Crippen molar-refractivity contribution in [3.05, 3.63) is 20.9 Å². The van der Waals surface area contributed by atoms with Crippen LogP contribution in [0.25, 0.3) is 0 Å². The van der Waals surface area contributed by atoms with Gasteiger partial charge in [0, 0.05) is 3.57 Å². The normalized spacial score (nSPS) is 10.4. The summed E-state index contributed by atoms with van der Waals surface area (Å²) in [6, 6.07) is 1.20. The number of halogens is 3. The molecule has 1 aromatic rings. The van der Waals surface area contributed by atoms with Crippen LogP contribution in [0.5, 0.6) is 5.88 Å². The highest BCUT2D eigenvalue weighted by atomic mass is 127. The molecule has 1 heterocycles. The van der Waals surface area contributed by atoms with E-state index in [1.165, 1.54) is 13.2 Å². The van der Waals surface area contributed by atoms with Crippen LogP contribution in [0, 0.1) is 3.57 Å². The van der Waals surface area contributed by atoms with E-state index in [2.05, 4.69) is 9.72 Å². The number of nitrogens with zero attached hydrogens (tertiary/aromatic N) is 1. The second-order valence-electron chi connectivity index (χ2n) is 2.37. The van der Waals surface area contributed by atoms with E-state index in [-0.39, 0.29) is 17.1 Å². The third kappa shape index (κ3) is 2.17. The molecule has 0 radical (unpaired) electrons. The molecule has 0 amide bonds. The van der Waals surface area contributed by atoms with Crippen LogP contribution in [-0.4, -0.2) is 18.4 Å². The fourth-order valence-electron chi connectivity index (χ4n) is 0.902. The molecule has 3 nitrogen and oxygen atoms in total. The number of hydrogen-bond acceptors (Lipinski definition) is 3. The molecule has 0 saturated carbocycles. The van der Waals surface area contributed by atoms with Gasteiger partial charge < -0.3 is 4.74 Å². The van der Waals surface area contributed by atoms with Crippen LogP contribution in [0.2, 0.25) is 0 Å². The topological polar surface area (TPSA) is 39.2 Å². The number of aldehydes is 1. The van der Waals surface area contributed by atoms with E-state index >= 15 is 0 Å². The third-order valence-corrected chi connectivity index (χ3v) is 2.40. The number of pyridine rings is 1. The maximum atomic E-state index is 12.4. The highest BCUT2D eigenvalue weighted by Gasteiger charge is 2.17. The van der Waals surface area contributed by atoms with Crippen LogP contribution in [0.4, 0.5) is 8.78 Å². The fourth-order valence-corrected chi connectivity index (χ4v) is 1.49. The molecule has 0 saturated heterocycles. The summed E-state index contributed by atoms with van der Waals surface area (Å²) in [7, 11) is 1.23. The van der Waals surface area contributed by atoms with Crippen LogP contribution in [0.3, 0.4) is 0 Å². The lowest BCUT2D eigenvalue weighted by Crippen LogP contribution is -2.01. The number of methoxy groups -OCH3 is 1. The lowest BCUT2D eigenvalue weighted by Gasteiger charge is -2.07. The van der Waals surface area contributed by atoms with Gasteiger partial charge >= 0.3 is 0 Å². The van der Waals surface area contributed by atoms with Gasteiger partial charge in [0.05, 0.1) is 12.7 Å². The monoisotopic (exact) mass is 313 g/mol. The average Bonchev–Trinajstić information content (AvgIpc) is 2.17. The molecule has 76 valence electrons. The van der Waals surface area contributed by atoms with Gasteiger partial charge in [0.15, 0.2) is 6.29 Å². The van der Waals surface area contributed by atoms with E-state index in [0.717, 1.165) is 0 Å². The Labute approximate surface area is 92.6 Å². The molecule has 0 aliphatic heterocycles. The van der Waals surface area contributed by atoms with Crippen molar-refractivity contribution in [3.63, 3.8) is 0 Å². The predicted octanol–water partition coefficient (Wildman–Crippen LogP) is 2.44.